The van der Waals surface area contributed by atoms with Crippen molar-refractivity contribution >= 4 is 11.6 Å². The number of phenols is 2. The van der Waals surface area contributed by atoms with Crippen LogP contribution in [0.3, 0.4) is 0 Å². The van der Waals surface area contributed by atoms with Gasteiger partial charge in [0.2, 0.25) is 23.1 Å². The third-order valence-electron chi connectivity index (χ3n) is 4.16. The number of allylic oxidation sites excluding steroid dienone is 2. The number of carbonyl (C=O) groups excluding carboxylic acids is 2. The van der Waals surface area contributed by atoms with Gasteiger partial charge in [-0.05, 0) is 36.4 Å². The van der Waals surface area contributed by atoms with E-state index in [1.165, 1.54) is 0 Å². The minimum Gasteiger partial charge on any atom is -0.507 e. The van der Waals surface area contributed by atoms with E-state index >= 15 is 0 Å². The first-order chi connectivity index (χ1) is 13.6. The number of hydrogen-bond donors (Lipinski definition) is 2. The summed E-state index contributed by atoms with van der Waals surface area (Å²) in [7, 11) is 0. The van der Waals surface area contributed by atoms with Crippen LogP contribution in [0.5, 0.6) is 23.0 Å². The van der Waals surface area contributed by atoms with Gasteiger partial charge in [-0.25, -0.2) is 0 Å². The van der Waals surface area contributed by atoms with Crippen molar-refractivity contribution in [2.24, 2.45) is 0 Å². The number of fused-ring (bicyclic) bond motifs is 1. The van der Waals surface area contributed by atoms with E-state index < -0.39 is 23.1 Å². The Morgan fingerprint density at radius 2 is 0.893 bits per heavy atom. The monoisotopic (exact) mass is 374 g/mol. The summed E-state index contributed by atoms with van der Waals surface area (Å²) in [6.07, 6.45) is 0. The van der Waals surface area contributed by atoms with Gasteiger partial charge in [-0.15, -0.1) is 0 Å². The predicted octanol–water partition coefficient (Wildman–Crippen LogP) is 3.85. The molecule has 4 rings (SSSR count). The molecule has 0 saturated carbocycles. The Morgan fingerprint density at radius 3 is 1.25 bits per heavy atom. The summed E-state index contributed by atoms with van der Waals surface area (Å²) in [4.78, 5) is 26.1. The molecule has 0 heterocycles. The molecule has 28 heavy (non-hydrogen) atoms. The highest BCUT2D eigenvalue weighted by molar-refractivity contribution is 6.27. The number of carbonyl (C=O) groups is 2. The molecule has 0 fully saturated rings. The first kappa shape index (κ1) is 17.4. The van der Waals surface area contributed by atoms with Crippen molar-refractivity contribution in [1.29, 1.82) is 0 Å². The lowest BCUT2D eigenvalue weighted by Crippen LogP contribution is -2.28. The van der Waals surface area contributed by atoms with E-state index in [9.17, 15) is 19.8 Å². The first-order valence-electron chi connectivity index (χ1n) is 8.40. The minimum atomic E-state index is -0.766. The Kier molecular flexibility index (Phi) is 4.29. The highest BCUT2D eigenvalue weighted by atomic mass is 16.5. The average Bonchev–Trinajstić information content (AvgIpc) is 2.72. The smallest absolute Gasteiger partial charge is 0.236 e. The molecule has 3 aromatic carbocycles. The van der Waals surface area contributed by atoms with Gasteiger partial charge < -0.3 is 19.7 Å². The molecular weight excluding hydrogens is 360 g/mol. The average molecular weight is 374 g/mol. The summed E-state index contributed by atoms with van der Waals surface area (Å²) in [6, 6.07) is 19.1. The van der Waals surface area contributed by atoms with Gasteiger partial charge in [0.05, 0.1) is 11.1 Å². The van der Waals surface area contributed by atoms with Crippen LogP contribution >= 0.6 is 0 Å². The fourth-order valence-corrected chi connectivity index (χ4v) is 2.87. The van der Waals surface area contributed by atoms with Gasteiger partial charge in [-0.1, -0.05) is 36.4 Å². The summed E-state index contributed by atoms with van der Waals surface area (Å²) < 4.78 is 11.3. The summed E-state index contributed by atoms with van der Waals surface area (Å²) >= 11 is 0. The third kappa shape index (κ3) is 2.97. The molecule has 2 N–H and O–H groups in total. The van der Waals surface area contributed by atoms with Crippen molar-refractivity contribution in [1.82, 2.24) is 0 Å². The minimum absolute atomic E-state index is 0.316. The molecule has 0 amide bonds. The third-order valence-corrected chi connectivity index (χ3v) is 4.16. The van der Waals surface area contributed by atoms with Crippen molar-refractivity contribution in [2.75, 3.05) is 0 Å². The van der Waals surface area contributed by atoms with Crippen molar-refractivity contribution in [2.45, 2.75) is 0 Å². The highest BCUT2D eigenvalue weighted by Crippen LogP contribution is 2.38. The summed E-state index contributed by atoms with van der Waals surface area (Å²) in [5, 5.41) is 20.3. The zero-order chi connectivity index (χ0) is 19.7. The number of para-hydroxylation sites is 2. The molecule has 3 aromatic rings. The lowest BCUT2D eigenvalue weighted by Gasteiger charge is -2.22. The standard InChI is InChI=1S/C22H14O6/c23-15-11-12-16(24)18-17(15)19(25)21(27-13-7-3-1-4-8-13)22(20(18)26)28-14-9-5-2-6-10-14/h1-12,23-24H. The maximum atomic E-state index is 13.1. The van der Waals surface area contributed by atoms with Gasteiger partial charge in [-0.2, -0.15) is 0 Å². The number of phenolic OH excluding ortho intramolecular Hbond substituents is 2. The topological polar surface area (TPSA) is 93.1 Å². The lowest BCUT2D eigenvalue weighted by atomic mass is 9.90. The summed E-state index contributed by atoms with van der Waals surface area (Å²) in [5.74, 6) is -2.50. The second kappa shape index (κ2) is 6.92. The molecule has 0 atom stereocenters. The molecule has 0 aromatic heterocycles. The molecule has 6 nitrogen and oxygen atoms in total. The van der Waals surface area contributed by atoms with E-state index in [0.29, 0.717) is 11.5 Å². The largest absolute Gasteiger partial charge is 0.507 e. The number of Topliss-reactive ketones (excluding diaryl/α,β-unsaturated/α-hetero) is 2. The van der Waals surface area contributed by atoms with Crippen LogP contribution in [-0.2, 0) is 0 Å². The molecule has 0 saturated heterocycles. The zero-order valence-electron chi connectivity index (χ0n) is 14.5. The van der Waals surface area contributed by atoms with Crippen molar-refractivity contribution in [3.05, 3.63) is 95.4 Å². The van der Waals surface area contributed by atoms with E-state index in [1.54, 1.807) is 60.7 Å². The van der Waals surface area contributed by atoms with E-state index in [2.05, 4.69) is 0 Å². The van der Waals surface area contributed by atoms with E-state index in [4.69, 9.17) is 9.47 Å². The number of aromatic hydroxyl groups is 2. The van der Waals surface area contributed by atoms with Crippen molar-refractivity contribution < 1.29 is 29.3 Å². The van der Waals surface area contributed by atoms with Crippen LogP contribution in [0.1, 0.15) is 20.7 Å². The molecule has 1 aliphatic rings. The van der Waals surface area contributed by atoms with Crippen LogP contribution in [0.2, 0.25) is 0 Å². The fraction of sp³-hybridized carbons (Fsp3) is 0. The lowest BCUT2D eigenvalue weighted by molar-refractivity contribution is 0.0891. The second-order valence-corrected chi connectivity index (χ2v) is 6.00. The Labute approximate surface area is 159 Å². The number of hydrogen-bond acceptors (Lipinski definition) is 6. The van der Waals surface area contributed by atoms with Crippen LogP contribution in [0.4, 0.5) is 0 Å². The molecule has 0 aliphatic heterocycles. The van der Waals surface area contributed by atoms with Gasteiger partial charge in [0, 0.05) is 0 Å². The molecule has 1 aliphatic carbocycles. The molecule has 138 valence electrons. The van der Waals surface area contributed by atoms with E-state index in [1.807, 2.05) is 0 Å². The summed E-state index contributed by atoms with van der Waals surface area (Å²) in [5.41, 5.74) is -0.646. The highest BCUT2D eigenvalue weighted by Gasteiger charge is 2.40. The summed E-state index contributed by atoms with van der Waals surface area (Å²) in [6.45, 7) is 0. The van der Waals surface area contributed by atoms with Crippen LogP contribution in [0, 0.1) is 0 Å². The van der Waals surface area contributed by atoms with Gasteiger partial charge in [-0.3, -0.25) is 9.59 Å². The Bertz CT molecular complexity index is 1010. The zero-order valence-corrected chi connectivity index (χ0v) is 14.5. The quantitative estimate of drug-likeness (QED) is 0.674. The number of benzene rings is 3. The number of ketones is 2. The Morgan fingerprint density at radius 1 is 0.536 bits per heavy atom. The fourth-order valence-electron chi connectivity index (χ4n) is 2.87. The Hall–Kier alpha value is -4.06. The van der Waals surface area contributed by atoms with E-state index in [0.717, 1.165) is 12.1 Å². The van der Waals surface area contributed by atoms with Crippen LogP contribution in [0.15, 0.2) is 84.3 Å². The normalized spacial score (nSPS) is 13.3. The second-order valence-electron chi connectivity index (χ2n) is 6.00. The maximum Gasteiger partial charge on any atom is 0.236 e. The molecule has 0 bridgehead atoms. The first-order valence-corrected chi connectivity index (χ1v) is 8.40. The molecule has 0 spiro atoms. The number of rotatable bonds is 4. The SMILES string of the molecule is O=C1C(Oc2ccccc2)=C(Oc2ccccc2)C(=O)c2c(O)ccc(O)c21. The maximum absolute atomic E-state index is 13.1. The van der Waals surface area contributed by atoms with Gasteiger partial charge in [0.15, 0.2) is 0 Å². The molecule has 6 heteroatoms. The number of ether oxygens (including phenoxy) is 2. The van der Waals surface area contributed by atoms with Gasteiger partial charge in [0.1, 0.15) is 23.0 Å². The van der Waals surface area contributed by atoms with Crippen molar-refractivity contribution in [3.8, 4) is 23.0 Å². The van der Waals surface area contributed by atoms with Gasteiger partial charge in [0.25, 0.3) is 0 Å². The van der Waals surface area contributed by atoms with E-state index in [-0.39, 0.29) is 22.6 Å². The van der Waals surface area contributed by atoms with Crippen molar-refractivity contribution in [3.63, 3.8) is 0 Å². The molecule has 0 radical (unpaired) electrons. The predicted molar refractivity (Wildman–Crippen MR) is 99.6 cm³/mol. The van der Waals surface area contributed by atoms with Crippen LogP contribution in [-0.4, -0.2) is 21.8 Å². The molecule has 0 unspecified atom stereocenters. The molecular formula is C22H14O6. The van der Waals surface area contributed by atoms with Crippen LogP contribution in [0.25, 0.3) is 0 Å². The van der Waals surface area contributed by atoms with Crippen LogP contribution < -0.4 is 9.47 Å². The Balaban J connectivity index is 1.88. The van der Waals surface area contributed by atoms with Gasteiger partial charge >= 0.3 is 0 Å².